The molecular formula is C23H32FN3O2. The highest BCUT2D eigenvalue weighted by Crippen LogP contribution is 2.22. The SMILES string of the molecule is Cc1occc1C(=O)N(CCN(C)C)C[C@H]1CCCN(Cc2ccccc2F)C1. The van der Waals surface area contributed by atoms with Crippen molar-refractivity contribution in [1.82, 2.24) is 14.7 Å². The Morgan fingerprint density at radius 1 is 1.24 bits per heavy atom. The highest BCUT2D eigenvalue weighted by Gasteiger charge is 2.26. The Labute approximate surface area is 173 Å². The predicted octanol–water partition coefficient (Wildman–Crippen LogP) is 3.64. The van der Waals surface area contributed by atoms with Gasteiger partial charge in [0.05, 0.1) is 11.8 Å². The molecule has 0 unspecified atom stereocenters. The van der Waals surface area contributed by atoms with E-state index in [1.165, 1.54) is 6.07 Å². The lowest BCUT2D eigenvalue weighted by Gasteiger charge is -2.36. The summed E-state index contributed by atoms with van der Waals surface area (Å²) in [6.07, 6.45) is 3.73. The van der Waals surface area contributed by atoms with Gasteiger partial charge in [0.25, 0.3) is 5.91 Å². The summed E-state index contributed by atoms with van der Waals surface area (Å²) in [5.74, 6) is 0.931. The molecule has 5 nitrogen and oxygen atoms in total. The molecule has 1 aliphatic heterocycles. The first-order valence-electron chi connectivity index (χ1n) is 10.4. The van der Waals surface area contributed by atoms with Gasteiger partial charge < -0.3 is 14.2 Å². The Bertz CT molecular complexity index is 805. The summed E-state index contributed by atoms with van der Waals surface area (Å²) >= 11 is 0. The third-order valence-corrected chi connectivity index (χ3v) is 5.63. The van der Waals surface area contributed by atoms with Crippen molar-refractivity contribution in [3.05, 3.63) is 59.3 Å². The highest BCUT2D eigenvalue weighted by atomic mass is 19.1. The molecule has 0 aliphatic carbocycles. The number of likely N-dealkylation sites (N-methyl/N-ethyl adjacent to an activating group) is 1. The number of likely N-dealkylation sites (tertiary alicyclic amines) is 1. The summed E-state index contributed by atoms with van der Waals surface area (Å²) in [6.45, 7) is 6.51. The Morgan fingerprint density at radius 3 is 2.72 bits per heavy atom. The van der Waals surface area contributed by atoms with Crippen LogP contribution in [0.25, 0.3) is 0 Å². The Kier molecular flexibility index (Phi) is 7.45. The molecule has 1 fully saturated rings. The molecule has 2 heterocycles. The third-order valence-electron chi connectivity index (χ3n) is 5.63. The fourth-order valence-corrected chi connectivity index (χ4v) is 4.00. The van der Waals surface area contributed by atoms with Crippen LogP contribution in [-0.4, -0.2) is 67.4 Å². The zero-order valence-corrected chi connectivity index (χ0v) is 17.7. The van der Waals surface area contributed by atoms with Crippen molar-refractivity contribution in [3.63, 3.8) is 0 Å². The topological polar surface area (TPSA) is 39.9 Å². The van der Waals surface area contributed by atoms with Crippen molar-refractivity contribution in [2.45, 2.75) is 26.3 Å². The second-order valence-corrected chi connectivity index (χ2v) is 8.28. The van der Waals surface area contributed by atoms with E-state index in [0.717, 1.165) is 38.0 Å². The Balaban J connectivity index is 1.65. The predicted molar refractivity (Wildman–Crippen MR) is 112 cm³/mol. The normalized spacial score (nSPS) is 17.6. The lowest BCUT2D eigenvalue weighted by atomic mass is 9.96. The Hall–Kier alpha value is -2.18. The van der Waals surface area contributed by atoms with Crippen LogP contribution in [0, 0.1) is 18.7 Å². The number of amides is 1. The molecule has 1 aromatic heterocycles. The smallest absolute Gasteiger partial charge is 0.257 e. The molecule has 0 bridgehead atoms. The van der Waals surface area contributed by atoms with Crippen LogP contribution in [0.5, 0.6) is 0 Å². The molecule has 1 aliphatic rings. The lowest BCUT2D eigenvalue weighted by molar-refractivity contribution is 0.0658. The van der Waals surface area contributed by atoms with Crippen molar-refractivity contribution >= 4 is 5.91 Å². The van der Waals surface area contributed by atoms with Crippen LogP contribution >= 0.6 is 0 Å². The average molecular weight is 402 g/mol. The molecule has 2 aromatic rings. The summed E-state index contributed by atoms with van der Waals surface area (Å²) < 4.78 is 19.4. The van der Waals surface area contributed by atoms with Gasteiger partial charge in [0.2, 0.25) is 0 Å². The second-order valence-electron chi connectivity index (χ2n) is 8.28. The van der Waals surface area contributed by atoms with E-state index in [0.29, 0.717) is 36.9 Å². The number of aryl methyl sites for hydroxylation is 1. The van der Waals surface area contributed by atoms with E-state index in [9.17, 15) is 9.18 Å². The first kappa shape index (κ1) is 21.5. The molecule has 0 N–H and O–H groups in total. The number of hydrogen-bond donors (Lipinski definition) is 0. The fourth-order valence-electron chi connectivity index (χ4n) is 4.00. The van der Waals surface area contributed by atoms with Gasteiger partial charge in [0, 0.05) is 38.3 Å². The van der Waals surface area contributed by atoms with E-state index < -0.39 is 0 Å². The van der Waals surface area contributed by atoms with Crippen LogP contribution in [0.1, 0.15) is 34.5 Å². The van der Waals surface area contributed by atoms with E-state index in [1.807, 2.05) is 38.1 Å². The molecule has 0 radical (unpaired) electrons. The summed E-state index contributed by atoms with van der Waals surface area (Å²) in [5.41, 5.74) is 1.38. The van der Waals surface area contributed by atoms with E-state index in [4.69, 9.17) is 4.42 Å². The molecule has 1 atom stereocenters. The van der Waals surface area contributed by atoms with Crippen LogP contribution in [0.3, 0.4) is 0 Å². The maximum Gasteiger partial charge on any atom is 0.257 e. The first-order chi connectivity index (χ1) is 13.9. The number of piperidine rings is 1. The van der Waals surface area contributed by atoms with Crippen molar-refractivity contribution in [2.24, 2.45) is 5.92 Å². The molecule has 1 saturated heterocycles. The van der Waals surface area contributed by atoms with Crippen LogP contribution in [0.15, 0.2) is 41.0 Å². The van der Waals surface area contributed by atoms with Gasteiger partial charge in [-0.05, 0) is 58.5 Å². The van der Waals surface area contributed by atoms with Crippen LogP contribution in [-0.2, 0) is 6.54 Å². The molecule has 6 heteroatoms. The minimum absolute atomic E-state index is 0.0318. The number of carbonyl (C=O) groups is 1. The number of benzene rings is 1. The van der Waals surface area contributed by atoms with Gasteiger partial charge in [-0.1, -0.05) is 18.2 Å². The number of carbonyl (C=O) groups excluding carboxylic acids is 1. The van der Waals surface area contributed by atoms with Gasteiger partial charge >= 0.3 is 0 Å². The van der Waals surface area contributed by atoms with E-state index in [2.05, 4.69) is 9.80 Å². The number of hydrogen-bond acceptors (Lipinski definition) is 4. The van der Waals surface area contributed by atoms with Crippen LogP contribution in [0.4, 0.5) is 4.39 Å². The summed E-state index contributed by atoms with van der Waals surface area (Å²) in [4.78, 5) is 19.5. The summed E-state index contributed by atoms with van der Waals surface area (Å²) in [6, 6.07) is 8.74. The maximum absolute atomic E-state index is 14.0. The quantitative estimate of drug-likeness (QED) is 0.677. The second kappa shape index (κ2) is 10.0. The summed E-state index contributed by atoms with van der Waals surface area (Å²) in [7, 11) is 4.03. The molecule has 158 valence electrons. The number of halogens is 1. The standard InChI is InChI=1S/C23H32FN3O2/c1-18-21(10-14-29-18)23(28)27(13-12-25(2)3)16-19-7-6-11-26(15-19)17-20-8-4-5-9-22(20)24/h4-5,8-10,14,19H,6-7,11-13,15-17H2,1-3H3/t19-/m0/s1. The number of rotatable bonds is 8. The van der Waals surface area contributed by atoms with Crippen molar-refractivity contribution in [2.75, 3.05) is 46.8 Å². The fraction of sp³-hybridized carbons (Fsp3) is 0.522. The number of furan rings is 1. The van der Waals surface area contributed by atoms with Gasteiger partial charge in [-0.15, -0.1) is 0 Å². The molecular weight excluding hydrogens is 369 g/mol. The summed E-state index contributed by atoms with van der Waals surface area (Å²) in [5, 5.41) is 0. The molecule has 3 rings (SSSR count). The monoisotopic (exact) mass is 401 g/mol. The van der Waals surface area contributed by atoms with Crippen molar-refractivity contribution in [3.8, 4) is 0 Å². The average Bonchev–Trinajstić information content (AvgIpc) is 3.12. The lowest BCUT2D eigenvalue weighted by Crippen LogP contribution is -2.44. The molecule has 1 amide bonds. The van der Waals surface area contributed by atoms with Crippen LogP contribution in [0.2, 0.25) is 0 Å². The van der Waals surface area contributed by atoms with E-state index in [-0.39, 0.29) is 11.7 Å². The minimum Gasteiger partial charge on any atom is -0.469 e. The first-order valence-corrected chi connectivity index (χ1v) is 10.4. The van der Waals surface area contributed by atoms with Gasteiger partial charge in [0.15, 0.2) is 0 Å². The molecule has 0 saturated carbocycles. The molecule has 0 spiro atoms. The zero-order chi connectivity index (χ0) is 20.8. The zero-order valence-electron chi connectivity index (χ0n) is 17.7. The Morgan fingerprint density at radius 2 is 2.03 bits per heavy atom. The minimum atomic E-state index is -0.146. The van der Waals surface area contributed by atoms with Crippen molar-refractivity contribution in [1.29, 1.82) is 0 Å². The number of nitrogens with zero attached hydrogens (tertiary/aromatic N) is 3. The van der Waals surface area contributed by atoms with Gasteiger partial charge in [-0.2, -0.15) is 0 Å². The molecule has 29 heavy (non-hydrogen) atoms. The van der Waals surface area contributed by atoms with Gasteiger partial charge in [-0.3, -0.25) is 9.69 Å². The van der Waals surface area contributed by atoms with Gasteiger partial charge in [0.1, 0.15) is 11.6 Å². The third kappa shape index (κ3) is 5.90. The molecule has 1 aromatic carbocycles. The maximum atomic E-state index is 14.0. The van der Waals surface area contributed by atoms with Crippen LogP contribution < -0.4 is 0 Å². The van der Waals surface area contributed by atoms with E-state index >= 15 is 0 Å². The van der Waals surface area contributed by atoms with Crippen molar-refractivity contribution < 1.29 is 13.6 Å². The largest absolute Gasteiger partial charge is 0.469 e. The highest BCUT2D eigenvalue weighted by molar-refractivity contribution is 5.95. The van der Waals surface area contributed by atoms with E-state index in [1.54, 1.807) is 18.4 Å². The van der Waals surface area contributed by atoms with Gasteiger partial charge in [-0.25, -0.2) is 4.39 Å².